The van der Waals surface area contributed by atoms with Crippen LogP contribution in [0.25, 0.3) is 0 Å². The summed E-state index contributed by atoms with van der Waals surface area (Å²) in [5, 5.41) is 0. The van der Waals surface area contributed by atoms with E-state index in [4.69, 9.17) is 4.74 Å². The van der Waals surface area contributed by atoms with Crippen LogP contribution in [-0.4, -0.2) is 13.4 Å². The van der Waals surface area contributed by atoms with Crippen LogP contribution in [-0.2, 0) is 21.6 Å². The van der Waals surface area contributed by atoms with Crippen LogP contribution < -0.4 is 0 Å². The third-order valence-corrected chi connectivity index (χ3v) is 2.95. The number of hydrogen-bond donors (Lipinski definition) is 0. The summed E-state index contributed by atoms with van der Waals surface area (Å²) in [7, 11) is 1.71. The first-order valence-electron chi connectivity index (χ1n) is 5.59. The van der Waals surface area contributed by atoms with Crippen LogP contribution in [0.5, 0.6) is 0 Å². The van der Waals surface area contributed by atoms with E-state index in [1.54, 1.807) is 7.11 Å². The van der Waals surface area contributed by atoms with Crippen LogP contribution in [0.3, 0.4) is 0 Å². The molecule has 0 heterocycles. The predicted octanol–water partition coefficient (Wildman–Crippen LogP) is 2.95. The third-order valence-electron chi connectivity index (χ3n) is 2.95. The molecular formula is C14H20O2. The fourth-order valence-corrected chi connectivity index (χ4v) is 1.58. The molecule has 1 rings (SSSR count). The van der Waals surface area contributed by atoms with E-state index < -0.39 is 0 Å². The molecule has 1 aromatic rings. The van der Waals surface area contributed by atoms with Gasteiger partial charge in [0.2, 0.25) is 0 Å². The van der Waals surface area contributed by atoms with E-state index in [1.165, 1.54) is 5.56 Å². The van der Waals surface area contributed by atoms with Gasteiger partial charge in [-0.15, -0.1) is 0 Å². The molecular weight excluding hydrogens is 200 g/mol. The summed E-state index contributed by atoms with van der Waals surface area (Å²) < 4.78 is 5.41. The quantitative estimate of drug-likeness (QED) is 0.713. The molecule has 0 aromatic heterocycles. The summed E-state index contributed by atoms with van der Waals surface area (Å²) in [6.07, 6.45) is 1.80. The molecule has 0 spiro atoms. The van der Waals surface area contributed by atoms with Crippen molar-refractivity contribution >= 4 is 6.29 Å². The lowest BCUT2D eigenvalue weighted by atomic mass is 9.95. The molecule has 1 unspecified atom stereocenters. The molecule has 0 saturated carbocycles. The van der Waals surface area contributed by atoms with E-state index in [0.717, 1.165) is 18.3 Å². The standard InChI is InChI=1S/C14H20O2/c1-11(10-15)9-12-5-7-13(8-6-12)14(2,3)16-4/h5-8,10-11H,9H2,1-4H3. The van der Waals surface area contributed by atoms with Gasteiger partial charge in [-0.3, -0.25) is 0 Å². The number of ether oxygens (including phenoxy) is 1. The molecule has 2 nitrogen and oxygen atoms in total. The zero-order valence-electron chi connectivity index (χ0n) is 10.5. The zero-order valence-corrected chi connectivity index (χ0v) is 10.5. The van der Waals surface area contributed by atoms with Gasteiger partial charge in [-0.2, -0.15) is 0 Å². The van der Waals surface area contributed by atoms with Crippen molar-refractivity contribution in [3.05, 3.63) is 35.4 Å². The molecule has 0 aliphatic rings. The maximum atomic E-state index is 10.6. The summed E-state index contributed by atoms with van der Waals surface area (Å²) in [5.41, 5.74) is 2.09. The maximum Gasteiger partial charge on any atom is 0.123 e. The largest absolute Gasteiger partial charge is 0.374 e. The molecule has 0 fully saturated rings. The minimum absolute atomic E-state index is 0.0845. The van der Waals surface area contributed by atoms with Crippen LogP contribution in [0.1, 0.15) is 31.9 Å². The molecule has 0 aliphatic heterocycles. The Bertz CT molecular complexity index is 338. The average Bonchev–Trinajstić information content (AvgIpc) is 2.29. The number of benzene rings is 1. The molecule has 0 amide bonds. The van der Waals surface area contributed by atoms with Gasteiger partial charge in [-0.1, -0.05) is 31.2 Å². The molecule has 0 bridgehead atoms. The van der Waals surface area contributed by atoms with E-state index >= 15 is 0 Å². The van der Waals surface area contributed by atoms with Gasteiger partial charge in [0.05, 0.1) is 5.60 Å². The second-order valence-electron chi connectivity index (χ2n) is 4.73. The van der Waals surface area contributed by atoms with E-state index in [-0.39, 0.29) is 11.5 Å². The zero-order chi connectivity index (χ0) is 12.2. The molecule has 1 atom stereocenters. The average molecular weight is 220 g/mol. The number of methoxy groups -OCH3 is 1. The normalized spacial score (nSPS) is 13.5. The molecule has 1 aromatic carbocycles. The van der Waals surface area contributed by atoms with Gasteiger partial charge >= 0.3 is 0 Å². The Morgan fingerprint density at radius 2 is 1.88 bits per heavy atom. The predicted molar refractivity (Wildman–Crippen MR) is 65.4 cm³/mol. The molecule has 88 valence electrons. The Balaban J connectivity index is 2.79. The smallest absolute Gasteiger partial charge is 0.123 e. The van der Waals surface area contributed by atoms with Gasteiger partial charge in [0, 0.05) is 13.0 Å². The van der Waals surface area contributed by atoms with Gasteiger partial charge in [0.25, 0.3) is 0 Å². The second-order valence-corrected chi connectivity index (χ2v) is 4.73. The first-order chi connectivity index (χ1) is 7.49. The minimum Gasteiger partial charge on any atom is -0.374 e. The highest BCUT2D eigenvalue weighted by molar-refractivity contribution is 5.53. The Labute approximate surface area is 97.6 Å². The van der Waals surface area contributed by atoms with Crippen LogP contribution in [0.15, 0.2) is 24.3 Å². The van der Waals surface area contributed by atoms with Crippen molar-refractivity contribution in [1.29, 1.82) is 0 Å². The van der Waals surface area contributed by atoms with E-state index in [1.807, 2.05) is 20.8 Å². The van der Waals surface area contributed by atoms with Crippen molar-refractivity contribution in [2.75, 3.05) is 7.11 Å². The fourth-order valence-electron chi connectivity index (χ4n) is 1.58. The van der Waals surface area contributed by atoms with Crippen molar-refractivity contribution in [3.8, 4) is 0 Å². The third kappa shape index (κ3) is 3.17. The van der Waals surface area contributed by atoms with Crippen LogP contribution >= 0.6 is 0 Å². The van der Waals surface area contributed by atoms with Gasteiger partial charge in [0.1, 0.15) is 6.29 Å². The number of carbonyl (C=O) groups is 1. The first kappa shape index (κ1) is 12.9. The van der Waals surface area contributed by atoms with Crippen molar-refractivity contribution < 1.29 is 9.53 Å². The van der Waals surface area contributed by atoms with Crippen molar-refractivity contribution in [3.63, 3.8) is 0 Å². The Hall–Kier alpha value is -1.15. The fraction of sp³-hybridized carbons (Fsp3) is 0.500. The SMILES string of the molecule is COC(C)(C)c1ccc(CC(C)C=O)cc1. The summed E-state index contributed by atoms with van der Waals surface area (Å²) in [4.78, 5) is 10.6. The summed E-state index contributed by atoms with van der Waals surface area (Å²) in [6, 6.07) is 8.26. The highest BCUT2D eigenvalue weighted by Gasteiger charge is 2.18. The molecule has 0 radical (unpaired) electrons. The summed E-state index contributed by atoms with van der Waals surface area (Å²) in [6.45, 7) is 6.01. The highest BCUT2D eigenvalue weighted by Crippen LogP contribution is 2.24. The number of aldehydes is 1. The lowest BCUT2D eigenvalue weighted by Crippen LogP contribution is -2.19. The Kier molecular flexibility index (Phi) is 4.25. The lowest BCUT2D eigenvalue weighted by molar-refractivity contribution is -0.110. The van der Waals surface area contributed by atoms with Gasteiger partial charge in [-0.25, -0.2) is 0 Å². The highest BCUT2D eigenvalue weighted by atomic mass is 16.5. The molecule has 2 heteroatoms. The second kappa shape index (κ2) is 5.26. The summed E-state index contributed by atoms with van der Waals surface area (Å²) in [5.74, 6) is 0.0845. The number of rotatable bonds is 5. The van der Waals surface area contributed by atoms with Crippen LogP contribution in [0.2, 0.25) is 0 Å². The molecule has 0 aliphatic carbocycles. The lowest BCUT2D eigenvalue weighted by Gasteiger charge is -2.23. The Morgan fingerprint density at radius 1 is 1.31 bits per heavy atom. The monoisotopic (exact) mass is 220 g/mol. The summed E-state index contributed by atoms with van der Waals surface area (Å²) >= 11 is 0. The number of hydrogen-bond acceptors (Lipinski definition) is 2. The first-order valence-corrected chi connectivity index (χ1v) is 5.59. The minimum atomic E-state index is -0.255. The maximum absolute atomic E-state index is 10.6. The van der Waals surface area contributed by atoms with E-state index in [0.29, 0.717) is 0 Å². The van der Waals surface area contributed by atoms with Crippen molar-refractivity contribution in [2.45, 2.75) is 32.8 Å². The Morgan fingerprint density at radius 3 is 2.31 bits per heavy atom. The molecule has 0 N–H and O–H groups in total. The molecule has 16 heavy (non-hydrogen) atoms. The topological polar surface area (TPSA) is 26.3 Å². The van der Waals surface area contributed by atoms with E-state index in [9.17, 15) is 4.79 Å². The van der Waals surface area contributed by atoms with Gasteiger partial charge < -0.3 is 9.53 Å². The van der Waals surface area contributed by atoms with Crippen molar-refractivity contribution in [1.82, 2.24) is 0 Å². The molecule has 0 saturated heterocycles. The van der Waals surface area contributed by atoms with Gasteiger partial charge in [0.15, 0.2) is 0 Å². The van der Waals surface area contributed by atoms with Crippen LogP contribution in [0.4, 0.5) is 0 Å². The van der Waals surface area contributed by atoms with Crippen LogP contribution in [0, 0.1) is 5.92 Å². The number of carbonyl (C=O) groups excluding carboxylic acids is 1. The van der Waals surface area contributed by atoms with E-state index in [2.05, 4.69) is 24.3 Å². The van der Waals surface area contributed by atoms with Gasteiger partial charge in [-0.05, 0) is 31.4 Å². The van der Waals surface area contributed by atoms with Crippen molar-refractivity contribution in [2.24, 2.45) is 5.92 Å².